The van der Waals surface area contributed by atoms with Crippen molar-refractivity contribution in [2.45, 2.75) is 25.6 Å². The molecule has 0 radical (unpaired) electrons. The van der Waals surface area contributed by atoms with E-state index in [9.17, 15) is 4.39 Å². The Kier molecular flexibility index (Phi) is 3.87. The zero-order chi connectivity index (χ0) is 11.5. The third-order valence-corrected chi connectivity index (χ3v) is 4.36. The average molecular weight is 239 g/mol. The molecule has 0 aliphatic carbocycles. The molecule has 2 unspecified atom stereocenters. The summed E-state index contributed by atoms with van der Waals surface area (Å²) in [7, 11) is 0. The summed E-state index contributed by atoms with van der Waals surface area (Å²) in [6, 6.07) is 5.75. The molecule has 1 aliphatic rings. The van der Waals surface area contributed by atoms with Gasteiger partial charge < -0.3 is 5.32 Å². The Labute approximate surface area is 101 Å². The molecule has 0 bridgehead atoms. The monoisotopic (exact) mass is 239 g/mol. The lowest BCUT2D eigenvalue weighted by Gasteiger charge is -2.24. The third kappa shape index (κ3) is 2.25. The molecule has 1 heterocycles. The van der Waals surface area contributed by atoms with Crippen LogP contribution in [0.25, 0.3) is 0 Å². The fourth-order valence-electron chi connectivity index (χ4n) is 2.30. The predicted octanol–water partition coefficient (Wildman–Crippen LogP) is 3.36. The highest BCUT2D eigenvalue weighted by atomic mass is 32.2. The Hall–Kier alpha value is -0.540. The zero-order valence-corrected chi connectivity index (χ0v) is 10.6. The largest absolute Gasteiger partial charge is 0.310 e. The first-order valence-corrected chi connectivity index (χ1v) is 6.98. The molecule has 0 fully saturated rings. The molecular formula is C13H18FNS. The van der Waals surface area contributed by atoms with E-state index in [0.29, 0.717) is 12.0 Å². The molecule has 1 N–H and O–H groups in total. The number of hydrogen-bond acceptors (Lipinski definition) is 2. The molecule has 0 amide bonds. The van der Waals surface area contributed by atoms with Gasteiger partial charge in [-0.05, 0) is 29.8 Å². The summed E-state index contributed by atoms with van der Waals surface area (Å²) in [5.41, 5.74) is 2.04. The van der Waals surface area contributed by atoms with E-state index >= 15 is 0 Å². The van der Waals surface area contributed by atoms with E-state index < -0.39 is 0 Å². The van der Waals surface area contributed by atoms with Crippen LogP contribution in [0.4, 0.5) is 4.39 Å². The lowest BCUT2D eigenvalue weighted by Crippen LogP contribution is -2.27. The molecule has 0 aromatic heterocycles. The van der Waals surface area contributed by atoms with Gasteiger partial charge in [0.2, 0.25) is 0 Å². The second-order valence-corrected chi connectivity index (χ2v) is 5.37. The van der Waals surface area contributed by atoms with Crippen LogP contribution in [0.3, 0.4) is 0 Å². The van der Waals surface area contributed by atoms with E-state index in [2.05, 4.69) is 25.2 Å². The molecule has 16 heavy (non-hydrogen) atoms. The van der Waals surface area contributed by atoms with Crippen LogP contribution >= 0.6 is 11.8 Å². The van der Waals surface area contributed by atoms with Gasteiger partial charge in [0, 0.05) is 17.4 Å². The van der Waals surface area contributed by atoms with Crippen LogP contribution in [0, 0.1) is 11.7 Å². The smallest absolute Gasteiger partial charge is 0.127 e. The maximum atomic E-state index is 13.8. The fraction of sp³-hybridized carbons (Fsp3) is 0.538. The van der Waals surface area contributed by atoms with Gasteiger partial charge in [-0.1, -0.05) is 26.0 Å². The van der Waals surface area contributed by atoms with Crippen molar-refractivity contribution in [2.75, 3.05) is 12.3 Å². The van der Waals surface area contributed by atoms with Gasteiger partial charge in [0.1, 0.15) is 5.82 Å². The van der Waals surface area contributed by atoms with Gasteiger partial charge in [-0.2, -0.15) is 11.8 Å². The quantitative estimate of drug-likeness (QED) is 0.849. The number of thioether (sulfide) groups is 1. The summed E-state index contributed by atoms with van der Waals surface area (Å²) in [6.07, 6.45) is 0. The molecule has 2 atom stereocenters. The molecule has 1 nitrogen and oxygen atoms in total. The zero-order valence-electron chi connectivity index (χ0n) is 9.79. The van der Waals surface area contributed by atoms with Gasteiger partial charge in [-0.25, -0.2) is 4.39 Å². The van der Waals surface area contributed by atoms with E-state index in [1.807, 2.05) is 17.8 Å². The second kappa shape index (κ2) is 5.19. The molecule has 0 saturated heterocycles. The van der Waals surface area contributed by atoms with Gasteiger partial charge in [-0.3, -0.25) is 0 Å². The molecule has 88 valence electrons. The van der Waals surface area contributed by atoms with Gasteiger partial charge in [0.05, 0.1) is 0 Å². The summed E-state index contributed by atoms with van der Waals surface area (Å²) in [4.78, 5) is 0. The Bertz CT molecular complexity index is 367. The summed E-state index contributed by atoms with van der Waals surface area (Å²) in [5.74, 6) is 2.38. The van der Waals surface area contributed by atoms with Gasteiger partial charge in [-0.15, -0.1) is 0 Å². The number of fused-ring (bicyclic) bond motifs is 1. The van der Waals surface area contributed by atoms with Gasteiger partial charge in [0.25, 0.3) is 0 Å². The van der Waals surface area contributed by atoms with Crippen LogP contribution in [0.1, 0.15) is 31.0 Å². The Morgan fingerprint density at radius 1 is 1.50 bits per heavy atom. The van der Waals surface area contributed by atoms with Crippen LogP contribution < -0.4 is 5.32 Å². The van der Waals surface area contributed by atoms with Crippen LogP contribution in [0.15, 0.2) is 18.2 Å². The summed E-state index contributed by atoms with van der Waals surface area (Å²) in [6.45, 7) is 5.26. The maximum Gasteiger partial charge on any atom is 0.127 e. The standard InChI is InChI=1S/C13H18FNS/c1-3-15-13-9(2)7-16-8-11-10(13)5-4-6-12(11)14/h4-6,9,13,15H,3,7-8H2,1-2H3. The number of benzene rings is 1. The van der Waals surface area contributed by atoms with Crippen molar-refractivity contribution in [3.8, 4) is 0 Å². The molecule has 1 aromatic rings. The minimum absolute atomic E-state index is 0.0537. The summed E-state index contributed by atoms with van der Waals surface area (Å²) in [5, 5.41) is 3.48. The first-order valence-electron chi connectivity index (χ1n) is 5.82. The van der Waals surface area contributed by atoms with Crippen molar-refractivity contribution >= 4 is 11.8 Å². The highest BCUT2D eigenvalue weighted by Crippen LogP contribution is 2.35. The topological polar surface area (TPSA) is 12.0 Å². The van der Waals surface area contributed by atoms with E-state index in [1.165, 1.54) is 0 Å². The fourth-order valence-corrected chi connectivity index (χ4v) is 3.49. The number of halogens is 1. The van der Waals surface area contributed by atoms with Crippen molar-refractivity contribution < 1.29 is 4.39 Å². The van der Waals surface area contributed by atoms with E-state index in [-0.39, 0.29) is 5.82 Å². The van der Waals surface area contributed by atoms with Crippen molar-refractivity contribution in [3.05, 3.63) is 35.1 Å². The molecular weight excluding hydrogens is 221 g/mol. The van der Waals surface area contributed by atoms with Crippen LogP contribution in [0.2, 0.25) is 0 Å². The highest BCUT2D eigenvalue weighted by Gasteiger charge is 2.25. The van der Waals surface area contributed by atoms with E-state index in [4.69, 9.17) is 0 Å². The predicted molar refractivity (Wildman–Crippen MR) is 68.1 cm³/mol. The molecule has 0 saturated carbocycles. The summed E-state index contributed by atoms with van der Waals surface area (Å²) >= 11 is 1.83. The Morgan fingerprint density at radius 2 is 2.31 bits per heavy atom. The molecule has 1 aliphatic heterocycles. The summed E-state index contributed by atoms with van der Waals surface area (Å²) < 4.78 is 13.8. The first-order chi connectivity index (χ1) is 7.74. The molecule has 3 heteroatoms. The normalized spacial score (nSPS) is 24.9. The second-order valence-electron chi connectivity index (χ2n) is 4.34. The molecule has 2 rings (SSSR count). The highest BCUT2D eigenvalue weighted by molar-refractivity contribution is 7.98. The van der Waals surface area contributed by atoms with Gasteiger partial charge in [0.15, 0.2) is 0 Å². The lowest BCUT2D eigenvalue weighted by molar-refractivity contribution is 0.426. The average Bonchev–Trinajstić information content (AvgIpc) is 2.42. The van der Waals surface area contributed by atoms with Gasteiger partial charge >= 0.3 is 0 Å². The van der Waals surface area contributed by atoms with Crippen molar-refractivity contribution in [1.29, 1.82) is 0 Å². The molecule has 0 spiro atoms. The first kappa shape index (κ1) is 11.9. The Balaban J connectivity index is 2.41. The Morgan fingerprint density at radius 3 is 3.06 bits per heavy atom. The molecule has 1 aromatic carbocycles. The maximum absolute atomic E-state index is 13.8. The van der Waals surface area contributed by atoms with Crippen LogP contribution in [0.5, 0.6) is 0 Å². The van der Waals surface area contributed by atoms with Crippen molar-refractivity contribution in [3.63, 3.8) is 0 Å². The number of nitrogens with one attached hydrogen (secondary N) is 1. The van der Waals surface area contributed by atoms with Crippen molar-refractivity contribution in [1.82, 2.24) is 5.32 Å². The lowest BCUT2D eigenvalue weighted by atomic mass is 9.92. The number of hydrogen-bond donors (Lipinski definition) is 1. The SMILES string of the molecule is CCNC1c2cccc(F)c2CSCC1C. The van der Waals surface area contributed by atoms with E-state index in [0.717, 1.165) is 29.2 Å². The minimum Gasteiger partial charge on any atom is -0.310 e. The third-order valence-electron chi connectivity index (χ3n) is 3.11. The van der Waals surface area contributed by atoms with E-state index in [1.54, 1.807) is 6.07 Å². The number of rotatable bonds is 2. The van der Waals surface area contributed by atoms with Crippen molar-refractivity contribution in [2.24, 2.45) is 5.92 Å². The minimum atomic E-state index is -0.0537. The van der Waals surface area contributed by atoms with Crippen LogP contribution in [-0.4, -0.2) is 12.3 Å². The van der Waals surface area contributed by atoms with Crippen LogP contribution in [-0.2, 0) is 5.75 Å².